The summed E-state index contributed by atoms with van der Waals surface area (Å²) in [5.41, 5.74) is 0.749. The number of piperidine rings is 1. The van der Waals surface area contributed by atoms with Crippen LogP contribution in [-0.4, -0.2) is 58.1 Å². The van der Waals surface area contributed by atoms with Gasteiger partial charge in [0.25, 0.3) is 5.91 Å². The SMILES string of the molecule is CON1CCC(C(=O)O)(N(O)C(=O)Cc2c(C)cc(Cl)cc2C)CC1. The highest BCUT2D eigenvalue weighted by Crippen LogP contribution is 2.30. The molecule has 0 aliphatic carbocycles. The van der Waals surface area contributed by atoms with E-state index < -0.39 is 17.4 Å². The molecule has 1 aliphatic heterocycles. The quantitative estimate of drug-likeness (QED) is 0.610. The predicted octanol–water partition coefficient (Wildman–Crippen LogP) is 2.20. The van der Waals surface area contributed by atoms with E-state index in [1.807, 2.05) is 13.8 Å². The summed E-state index contributed by atoms with van der Waals surface area (Å²) in [6, 6.07) is 3.48. The van der Waals surface area contributed by atoms with Crippen LogP contribution in [-0.2, 0) is 20.8 Å². The minimum atomic E-state index is -1.64. The number of benzene rings is 1. The lowest BCUT2D eigenvalue weighted by atomic mass is 9.87. The van der Waals surface area contributed by atoms with Crippen LogP contribution in [0.3, 0.4) is 0 Å². The fraction of sp³-hybridized carbons (Fsp3) is 0.529. The number of carbonyl (C=O) groups excluding carboxylic acids is 1. The minimum Gasteiger partial charge on any atom is -0.479 e. The van der Waals surface area contributed by atoms with Gasteiger partial charge in [0, 0.05) is 18.1 Å². The van der Waals surface area contributed by atoms with Crippen molar-refractivity contribution in [2.24, 2.45) is 0 Å². The molecule has 0 aromatic heterocycles. The zero-order valence-electron chi connectivity index (χ0n) is 14.6. The van der Waals surface area contributed by atoms with Crippen LogP contribution in [0, 0.1) is 13.8 Å². The van der Waals surface area contributed by atoms with Crippen LogP contribution in [0.2, 0.25) is 5.02 Å². The van der Waals surface area contributed by atoms with Crippen LogP contribution < -0.4 is 0 Å². The molecule has 1 aromatic carbocycles. The number of halogens is 1. The van der Waals surface area contributed by atoms with E-state index >= 15 is 0 Å². The second-order valence-electron chi connectivity index (χ2n) is 6.35. The molecule has 0 spiro atoms. The Morgan fingerprint density at radius 3 is 2.24 bits per heavy atom. The third kappa shape index (κ3) is 3.95. The average molecular weight is 371 g/mol. The molecule has 138 valence electrons. The van der Waals surface area contributed by atoms with Gasteiger partial charge in [-0.3, -0.25) is 10.0 Å². The Labute approximate surface area is 151 Å². The Hall–Kier alpha value is -1.67. The van der Waals surface area contributed by atoms with Crippen LogP contribution in [0.1, 0.15) is 29.5 Å². The van der Waals surface area contributed by atoms with Crippen LogP contribution in [0.4, 0.5) is 0 Å². The molecule has 1 aromatic rings. The molecule has 0 atom stereocenters. The summed E-state index contributed by atoms with van der Waals surface area (Å²) in [4.78, 5) is 29.5. The first-order chi connectivity index (χ1) is 11.7. The van der Waals surface area contributed by atoms with Gasteiger partial charge in [0.2, 0.25) is 0 Å². The molecule has 1 amide bonds. The molecular weight excluding hydrogens is 348 g/mol. The zero-order valence-corrected chi connectivity index (χ0v) is 15.3. The van der Waals surface area contributed by atoms with Crippen LogP contribution in [0.15, 0.2) is 12.1 Å². The van der Waals surface area contributed by atoms with Gasteiger partial charge in [-0.25, -0.2) is 9.86 Å². The first-order valence-electron chi connectivity index (χ1n) is 8.01. The van der Waals surface area contributed by atoms with Crippen molar-refractivity contribution in [3.05, 3.63) is 33.8 Å². The number of hydrogen-bond acceptors (Lipinski definition) is 5. The number of aryl methyl sites for hydroxylation is 2. The van der Waals surface area contributed by atoms with Crippen LogP contribution in [0.5, 0.6) is 0 Å². The van der Waals surface area contributed by atoms with Crippen molar-refractivity contribution in [2.45, 2.75) is 38.6 Å². The molecule has 2 N–H and O–H groups in total. The number of rotatable bonds is 5. The Bertz CT molecular complexity index is 648. The normalized spacial score (nSPS) is 17.3. The van der Waals surface area contributed by atoms with Gasteiger partial charge in [0.1, 0.15) is 0 Å². The first kappa shape index (κ1) is 19.7. The van der Waals surface area contributed by atoms with Crippen LogP contribution in [0.25, 0.3) is 0 Å². The maximum absolute atomic E-state index is 12.6. The van der Waals surface area contributed by atoms with Gasteiger partial charge in [-0.1, -0.05) is 11.6 Å². The number of carboxylic acids is 1. The topological polar surface area (TPSA) is 90.3 Å². The molecule has 1 fully saturated rings. The molecule has 0 saturated carbocycles. The second kappa shape index (κ2) is 7.70. The molecule has 25 heavy (non-hydrogen) atoms. The van der Waals surface area contributed by atoms with Crippen molar-refractivity contribution in [1.29, 1.82) is 0 Å². The van der Waals surface area contributed by atoms with Crippen molar-refractivity contribution < 1.29 is 24.7 Å². The van der Waals surface area contributed by atoms with E-state index in [1.165, 1.54) is 7.11 Å². The molecule has 7 nitrogen and oxygen atoms in total. The van der Waals surface area contributed by atoms with Crippen molar-refractivity contribution >= 4 is 23.5 Å². The van der Waals surface area contributed by atoms with Gasteiger partial charge in [0.15, 0.2) is 5.54 Å². The van der Waals surface area contributed by atoms with Gasteiger partial charge >= 0.3 is 5.97 Å². The average Bonchev–Trinajstić information content (AvgIpc) is 2.57. The molecule has 8 heteroatoms. The van der Waals surface area contributed by atoms with Crippen molar-refractivity contribution in [3.8, 4) is 0 Å². The fourth-order valence-corrected chi connectivity index (χ4v) is 3.57. The lowest BCUT2D eigenvalue weighted by Crippen LogP contribution is -2.60. The highest BCUT2D eigenvalue weighted by molar-refractivity contribution is 6.30. The summed E-state index contributed by atoms with van der Waals surface area (Å²) in [6.07, 6.45) is 0.0718. The highest BCUT2D eigenvalue weighted by atomic mass is 35.5. The molecule has 0 radical (unpaired) electrons. The largest absolute Gasteiger partial charge is 0.479 e. The summed E-state index contributed by atoms with van der Waals surface area (Å²) < 4.78 is 0. The Morgan fingerprint density at radius 1 is 1.28 bits per heavy atom. The van der Waals surface area contributed by atoms with Crippen LogP contribution >= 0.6 is 11.6 Å². The number of hydrogen-bond donors (Lipinski definition) is 2. The number of carboxylic acid groups (broad SMARTS) is 1. The summed E-state index contributed by atoms with van der Waals surface area (Å²) >= 11 is 6.00. The smallest absolute Gasteiger partial charge is 0.332 e. The van der Waals surface area contributed by atoms with Gasteiger partial charge < -0.3 is 9.94 Å². The van der Waals surface area contributed by atoms with Gasteiger partial charge in [-0.2, -0.15) is 5.06 Å². The summed E-state index contributed by atoms with van der Waals surface area (Å²) in [5.74, 6) is -1.87. The number of amides is 1. The molecular formula is C17H23ClN2O5. The third-order valence-corrected chi connectivity index (χ3v) is 5.05. The highest BCUT2D eigenvalue weighted by Gasteiger charge is 2.49. The molecule has 1 aliphatic rings. The van der Waals surface area contributed by atoms with E-state index in [1.54, 1.807) is 17.2 Å². The van der Waals surface area contributed by atoms with Crippen molar-refractivity contribution in [1.82, 2.24) is 10.1 Å². The van der Waals surface area contributed by atoms with Gasteiger partial charge in [-0.05, 0) is 55.5 Å². The summed E-state index contributed by atoms with van der Waals surface area (Å²) in [6.45, 7) is 4.28. The van der Waals surface area contributed by atoms with Crippen molar-refractivity contribution in [3.63, 3.8) is 0 Å². The maximum atomic E-state index is 12.6. The number of aliphatic carboxylic acids is 1. The number of hydroxylamine groups is 4. The zero-order chi connectivity index (χ0) is 18.8. The first-order valence-corrected chi connectivity index (χ1v) is 8.39. The predicted molar refractivity (Wildman–Crippen MR) is 91.4 cm³/mol. The second-order valence-corrected chi connectivity index (χ2v) is 6.79. The van der Waals surface area contributed by atoms with E-state index in [0.717, 1.165) is 16.7 Å². The van der Waals surface area contributed by atoms with Crippen molar-refractivity contribution in [2.75, 3.05) is 20.2 Å². The lowest BCUT2D eigenvalue weighted by Gasteiger charge is -2.41. The third-order valence-electron chi connectivity index (χ3n) is 4.84. The molecule has 0 unspecified atom stereocenters. The minimum absolute atomic E-state index is 0.0804. The van der Waals surface area contributed by atoms with E-state index in [2.05, 4.69) is 0 Å². The maximum Gasteiger partial charge on any atom is 0.332 e. The monoisotopic (exact) mass is 370 g/mol. The molecule has 1 saturated heterocycles. The summed E-state index contributed by atoms with van der Waals surface area (Å²) in [7, 11) is 1.50. The fourth-order valence-electron chi connectivity index (χ4n) is 3.24. The van der Waals surface area contributed by atoms with Gasteiger partial charge in [0.05, 0.1) is 13.5 Å². The Kier molecular flexibility index (Phi) is 6.05. The number of carbonyl (C=O) groups is 2. The Balaban J connectivity index is 2.21. The molecule has 0 bridgehead atoms. The van der Waals surface area contributed by atoms with E-state index in [-0.39, 0.29) is 19.3 Å². The van der Waals surface area contributed by atoms with Gasteiger partial charge in [-0.15, -0.1) is 0 Å². The lowest BCUT2D eigenvalue weighted by molar-refractivity contribution is -0.227. The molecule has 2 rings (SSSR count). The van der Waals surface area contributed by atoms with E-state index in [9.17, 15) is 19.9 Å². The molecule has 1 heterocycles. The summed E-state index contributed by atoms with van der Waals surface area (Å²) in [5, 5.41) is 22.7. The van der Waals surface area contributed by atoms with E-state index in [0.29, 0.717) is 23.2 Å². The standard InChI is InChI=1S/C17H23ClN2O5/c1-11-8-13(18)9-12(2)14(11)10-15(21)20(24)17(16(22)23)4-6-19(25-3)7-5-17/h8-9,24H,4-7,10H2,1-3H3,(H,22,23). The van der Waals surface area contributed by atoms with E-state index in [4.69, 9.17) is 16.4 Å². The number of nitrogens with zero attached hydrogens (tertiary/aromatic N) is 2. The Morgan fingerprint density at radius 2 is 1.80 bits per heavy atom.